The predicted octanol–water partition coefficient (Wildman–Crippen LogP) is 3.05. The van der Waals surface area contributed by atoms with Crippen molar-refractivity contribution in [3.63, 3.8) is 0 Å². The van der Waals surface area contributed by atoms with E-state index in [1.54, 1.807) is 0 Å². The molecule has 0 bridgehead atoms. The summed E-state index contributed by atoms with van der Waals surface area (Å²) in [6.07, 6.45) is 2.32. The van der Waals surface area contributed by atoms with E-state index in [2.05, 4.69) is 41.3 Å². The maximum Gasteiger partial charge on any atom is 0.128 e. The van der Waals surface area contributed by atoms with Crippen LogP contribution in [0.3, 0.4) is 0 Å². The van der Waals surface area contributed by atoms with Crippen molar-refractivity contribution in [1.29, 1.82) is 0 Å². The molecule has 1 rings (SSSR count). The normalized spacial score (nSPS) is 10.7. The average Bonchev–Trinajstić information content (AvgIpc) is 2.44. The van der Waals surface area contributed by atoms with Crippen LogP contribution in [0.25, 0.3) is 0 Å². The van der Waals surface area contributed by atoms with Crippen molar-refractivity contribution in [1.82, 2.24) is 9.88 Å². The summed E-state index contributed by atoms with van der Waals surface area (Å²) in [5, 5.41) is 6.70. The van der Waals surface area contributed by atoms with Crippen LogP contribution in [0.1, 0.15) is 33.6 Å². The molecule has 0 atom stereocenters. The minimum atomic E-state index is 0.943. The maximum absolute atomic E-state index is 4.54. The van der Waals surface area contributed by atoms with Crippen molar-refractivity contribution in [2.45, 2.75) is 33.6 Å². The van der Waals surface area contributed by atoms with Gasteiger partial charge in [-0.15, -0.1) is 0 Å². The second-order valence-electron chi connectivity index (χ2n) is 4.70. The van der Waals surface area contributed by atoms with Crippen LogP contribution in [0.4, 0.5) is 11.6 Å². The Bertz CT molecular complexity index is 341. The molecule has 0 saturated heterocycles. The summed E-state index contributed by atoms with van der Waals surface area (Å²) < 4.78 is 0. The van der Waals surface area contributed by atoms with Gasteiger partial charge in [-0.25, -0.2) is 4.98 Å². The molecule has 0 aliphatic rings. The smallest absolute Gasteiger partial charge is 0.128 e. The zero-order valence-electron chi connectivity index (χ0n) is 12.6. The molecular formula is C15H28N4. The number of hydrogen-bond donors (Lipinski definition) is 2. The fraction of sp³-hybridized carbons (Fsp3) is 0.667. The molecule has 0 amide bonds. The maximum atomic E-state index is 4.54. The quantitative estimate of drug-likeness (QED) is 0.681. The lowest BCUT2D eigenvalue weighted by Crippen LogP contribution is -2.29. The molecule has 0 unspecified atom stereocenters. The van der Waals surface area contributed by atoms with Gasteiger partial charge in [-0.05, 0) is 38.1 Å². The van der Waals surface area contributed by atoms with Crippen molar-refractivity contribution in [3.8, 4) is 0 Å². The molecule has 0 radical (unpaired) electrons. The van der Waals surface area contributed by atoms with E-state index in [0.717, 1.165) is 44.2 Å². The van der Waals surface area contributed by atoms with Gasteiger partial charge < -0.3 is 15.5 Å². The van der Waals surface area contributed by atoms with Gasteiger partial charge in [-0.1, -0.05) is 26.8 Å². The number of anilines is 2. The third kappa shape index (κ3) is 6.43. The first-order chi connectivity index (χ1) is 9.30. The number of hydrogen-bond acceptors (Lipinski definition) is 4. The SMILES string of the molecule is CCCNc1cccc(NCCN(CC)CCC)n1. The third-order valence-electron chi connectivity index (χ3n) is 3.03. The van der Waals surface area contributed by atoms with Gasteiger partial charge in [-0.3, -0.25) is 0 Å². The molecule has 1 aromatic rings. The number of likely N-dealkylation sites (N-methyl/N-ethyl adjacent to an activating group) is 1. The molecule has 0 aliphatic carbocycles. The topological polar surface area (TPSA) is 40.2 Å². The van der Waals surface area contributed by atoms with E-state index in [9.17, 15) is 0 Å². The fourth-order valence-corrected chi connectivity index (χ4v) is 1.97. The molecule has 4 nitrogen and oxygen atoms in total. The molecule has 0 saturated carbocycles. The van der Waals surface area contributed by atoms with Crippen molar-refractivity contribution in [2.24, 2.45) is 0 Å². The summed E-state index contributed by atoms with van der Waals surface area (Å²) in [6.45, 7) is 11.9. The Morgan fingerprint density at radius 3 is 2.21 bits per heavy atom. The van der Waals surface area contributed by atoms with E-state index in [1.807, 2.05) is 18.2 Å². The lowest BCUT2D eigenvalue weighted by atomic mass is 10.4. The van der Waals surface area contributed by atoms with Crippen molar-refractivity contribution in [3.05, 3.63) is 18.2 Å². The van der Waals surface area contributed by atoms with Crippen molar-refractivity contribution >= 4 is 11.6 Å². The van der Waals surface area contributed by atoms with E-state index in [4.69, 9.17) is 0 Å². The second kappa shape index (κ2) is 9.62. The molecule has 0 aromatic carbocycles. The van der Waals surface area contributed by atoms with Crippen LogP contribution in [0.2, 0.25) is 0 Å². The molecule has 19 heavy (non-hydrogen) atoms. The highest BCUT2D eigenvalue weighted by molar-refractivity contribution is 5.44. The Hall–Kier alpha value is -1.29. The number of nitrogens with zero attached hydrogens (tertiary/aromatic N) is 2. The molecule has 2 N–H and O–H groups in total. The van der Waals surface area contributed by atoms with Crippen LogP contribution in [-0.2, 0) is 0 Å². The Labute approximate surface area is 117 Å². The highest BCUT2D eigenvalue weighted by atomic mass is 15.1. The summed E-state index contributed by atoms with van der Waals surface area (Å²) in [5.41, 5.74) is 0. The molecule has 1 heterocycles. The zero-order valence-corrected chi connectivity index (χ0v) is 12.6. The summed E-state index contributed by atoms with van der Waals surface area (Å²) in [5.74, 6) is 1.90. The Morgan fingerprint density at radius 1 is 0.947 bits per heavy atom. The average molecular weight is 264 g/mol. The Morgan fingerprint density at radius 2 is 1.63 bits per heavy atom. The summed E-state index contributed by atoms with van der Waals surface area (Å²) in [4.78, 5) is 6.99. The summed E-state index contributed by atoms with van der Waals surface area (Å²) in [6, 6.07) is 6.07. The predicted molar refractivity (Wildman–Crippen MR) is 83.9 cm³/mol. The molecule has 108 valence electrons. The minimum Gasteiger partial charge on any atom is -0.370 e. The van der Waals surface area contributed by atoms with Crippen molar-refractivity contribution in [2.75, 3.05) is 43.4 Å². The third-order valence-corrected chi connectivity index (χ3v) is 3.03. The first kappa shape index (κ1) is 15.8. The molecule has 4 heteroatoms. The molecule has 1 aromatic heterocycles. The number of rotatable bonds is 10. The van der Waals surface area contributed by atoms with E-state index in [0.29, 0.717) is 0 Å². The lowest BCUT2D eigenvalue weighted by molar-refractivity contribution is 0.300. The standard InChI is InChI=1S/C15H28N4/c1-4-10-16-14-8-7-9-15(18-14)17-11-13-19(6-3)12-5-2/h7-9H,4-6,10-13H2,1-3H3,(H2,16,17,18). The van der Waals surface area contributed by atoms with Crippen LogP contribution in [0.5, 0.6) is 0 Å². The van der Waals surface area contributed by atoms with Crippen LogP contribution >= 0.6 is 0 Å². The van der Waals surface area contributed by atoms with Gasteiger partial charge in [0.25, 0.3) is 0 Å². The number of pyridine rings is 1. The Kier molecular flexibility index (Phi) is 7.98. The molecule has 0 spiro atoms. The van der Waals surface area contributed by atoms with Gasteiger partial charge >= 0.3 is 0 Å². The van der Waals surface area contributed by atoms with Gasteiger partial charge in [-0.2, -0.15) is 0 Å². The minimum absolute atomic E-state index is 0.943. The zero-order chi connectivity index (χ0) is 13.9. The second-order valence-corrected chi connectivity index (χ2v) is 4.70. The fourth-order valence-electron chi connectivity index (χ4n) is 1.97. The van der Waals surface area contributed by atoms with E-state index in [1.165, 1.54) is 13.0 Å². The number of nitrogens with one attached hydrogen (secondary N) is 2. The van der Waals surface area contributed by atoms with Gasteiger partial charge in [0.15, 0.2) is 0 Å². The Balaban J connectivity index is 2.35. The molecule has 0 fully saturated rings. The molecular weight excluding hydrogens is 236 g/mol. The van der Waals surface area contributed by atoms with Gasteiger partial charge in [0.05, 0.1) is 0 Å². The van der Waals surface area contributed by atoms with Crippen LogP contribution in [0.15, 0.2) is 18.2 Å². The lowest BCUT2D eigenvalue weighted by Gasteiger charge is -2.19. The van der Waals surface area contributed by atoms with Crippen LogP contribution in [0, 0.1) is 0 Å². The van der Waals surface area contributed by atoms with Crippen LogP contribution in [-0.4, -0.2) is 42.6 Å². The van der Waals surface area contributed by atoms with Gasteiger partial charge in [0, 0.05) is 19.6 Å². The highest BCUT2D eigenvalue weighted by Crippen LogP contribution is 2.08. The van der Waals surface area contributed by atoms with Gasteiger partial charge in [0.2, 0.25) is 0 Å². The van der Waals surface area contributed by atoms with E-state index in [-0.39, 0.29) is 0 Å². The van der Waals surface area contributed by atoms with Gasteiger partial charge in [0.1, 0.15) is 11.6 Å². The first-order valence-electron chi connectivity index (χ1n) is 7.47. The first-order valence-corrected chi connectivity index (χ1v) is 7.47. The van der Waals surface area contributed by atoms with E-state index < -0.39 is 0 Å². The monoisotopic (exact) mass is 264 g/mol. The van der Waals surface area contributed by atoms with Crippen LogP contribution < -0.4 is 10.6 Å². The van der Waals surface area contributed by atoms with Crippen molar-refractivity contribution < 1.29 is 0 Å². The summed E-state index contributed by atoms with van der Waals surface area (Å²) in [7, 11) is 0. The number of aromatic nitrogens is 1. The highest BCUT2D eigenvalue weighted by Gasteiger charge is 2.01. The molecule has 0 aliphatic heterocycles. The largest absolute Gasteiger partial charge is 0.370 e. The summed E-state index contributed by atoms with van der Waals surface area (Å²) >= 11 is 0. The van der Waals surface area contributed by atoms with E-state index >= 15 is 0 Å².